The summed E-state index contributed by atoms with van der Waals surface area (Å²) in [6, 6.07) is 0. The maximum Gasteiger partial charge on any atom is 0.230 e. The Labute approximate surface area is 109 Å². The standard InChI is InChI=1S/C12H25N3O3/c1-3-5-8-18-9-6-7-14-12(16)10(4-2)11(13)15-17/h10,17H,3-9H2,1-2H3,(H2,13,15)(H,14,16). The monoisotopic (exact) mass is 259 g/mol. The molecule has 1 amide bonds. The summed E-state index contributed by atoms with van der Waals surface area (Å²) in [4.78, 5) is 11.7. The number of amides is 1. The number of amidine groups is 1. The predicted molar refractivity (Wildman–Crippen MR) is 70.5 cm³/mol. The number of oxime groups is 1. The van der Waals surface area contributed by atoms with Crippen LogP contribution in [0.3, 0.4) is 0 Å². The Morgan fingerprint density at radius 2 is 2.06 bits per heavy atom. The summed E-state index contributed by atoms with van der Waals surface area (Å²) in [5, 5.41) is 14.2. The van der Waals surface area contributed by atoms with E-state index in [-0.39, 0.29) is 11.7 Å². The van der Waals surface area contributed by atoms with Gasteiger partial charge < -0.3 is 21.0 Å². The van der Waals surface area contributed by atoms with Crippen LogP contribution in [0.15, 0.2) is 5.16 Å². The summed E-state index contributed by atoms with van der Waals surface area (Å²) in [7, 11) is 0. The van der Waals surface area contributed by atoms with Gasteiger partial charge in [0.2, 0.25) is 5.91 Å². The Balaban J connectivity index is 3.69. The van der Waals surface area contributed by atoms with E-state index in [2.05, 4.69) is 17.4 Å². The van der Waals surface area contributed by atoms with Crippen LogP contribution in [-0.2, 0) is 9.53 Å². The van der Waals surface area contributed by atoms with Crippen molar-refractivity contribution >= 4 is 11.7 Å². The molecule has 1 atom stereocenters. The molecule has 0 aromatic carbocycles. The molecule has 0 rings (SSSR count). The third-order valence-corrected chi connectivity index (χ3v) is 2.60. The van der Waals surface area contributed by atoms with Crippen LogP contribution >= 0.6 is 0 Å². The van der Waals surface area contributed by atoms with Crippen LogP contribution in [0.2, 0.25) is 0 Å². The van der Waals surface area contributed by atoms with E-state index >= 15 is 0 Å². The first-order valence-corrected chi connectivity index (χ1v) is 6.50. The van der Waals surface area contributed by atoms with Crippen molar-refractivity contribution in [1.82, 2.24) is 5.32 Å². The molecule has 0 saturated heterocycles. The van der Waals surface area contributed by atoms with Crippen molar-refractivity contribution in [1.29, 1.82) is 0 Å². The highest BCUT2D eigenvalue weighted by molar-refractivity contribution is 6.01. The summed E-state index contributed by atoms with van der Waals surface area (Å²) in [5.41, 5.74) is 5.43. The minimum Gasteiger partial charge on any atom is -0.409 e. The fourth-order valence-electron chi connectivity index (χ4n) is 1.46. The third-order valence-electron chi connectivity index (χ3n) is 2.60. The summed E-state index contributed by atoms with van der Waals surface area (Å²) in [6.45, 7) is 5.88. The maximum atomic E-state index is 11.7. The van der Waals surface area contributed by atoms with Crippen molar-refractivity contribution in [2.45, 2.75) is 39.5 Å². The minimum absolute atomic E-state index is 0.0470. The van der Waals surface area contributed by atoms with E-state index in [4.69, 9.17) is 15.7 Å². The Bertz CT molecular complexity index is 257. The number of carbonyl (C=O) groups excluding carboxylic acids is 1. The fraction of sp³-hybridized carbons (Fsp3) is 0.833. The summed E-state index contributed by atoms with van der Waals surface area (Å²) < 4.78 is 5.37. The molecule has 0 aliphatic carbocycles. The molecule has 0 bridgehead atoms. The molecule has 0 radical (unpaired) electrons. The molecule has 0 aromatic heterocycles. The maximum absolute atomic E-state index is 11.7. The molecule has 0 saturated carbocycles. The molecule has 0 heterocycles. The van der Waals surface area contributed by atoms with Gasteiger partial charge in [-0.15, -0.1) is 0 Å². The Morgan fingerprint density at radius 3 is 2.61 bits per heavy atom. The molecule has 6 heteroatoms. The summed E-state index contributed by atoms with van der Waals surface area (Å²) >= 11 is 0. The van der Waals surface area contributed by atoms with Crippen molar-refractivity contribution < 1.29 is 14.7 Å². The number of rotatable bonds is 10. The lowest BCUT2D eigenvalue weighted by molar-refractivity contribution is -0.123. The number of unbranched alkanes of at least 4 members (excludes halogenated alkanes) is 1. The van der Waals surface area contributed by atoms with Gasteiger partial charge in [0.1, 0.15) is 0 Å². The van der Waals surface area contributed by atoms with Gasteiger partial charge in [0, 0.05) is 19.8 Å². The van der Waals surface area contributed by atoms with Gasteiger partial charge in [-0.05, 0) is 19.3 Å². The van der Waals surface area contributed by atoms with Crippen molar-refractivity contribution in [2.24, 2.45) is 16.8 Å². The minimum atomic E-state index is -0.559. The zero-order chi connectivity index (χ0) is 13.8. The molecule has 6 nitrogen and oxygen atoms in total. The summed E-state index contributed by atoms with van der Waals surface area (Å²) in [5.74, 6) is -0.813. The van der Waals surface area contributed by atoms with Crippen LogP contribution in [0, 0.1) is 5.92 Å². The van der Waals surface area contributed by atoms with Crippen LogP contribution in [-0.4, -0.2) is 36.7 Å². The number of hydrogen-bond donors (Lipinski definition) is 3. The van der Waals surface area contributed by atoms with Gasteiger partial charge in [-0.25, -0.2) is 0 Å². The normalized spacial score (nSPS) is 13.3. The van der Waals surface area contributed by atoms with Crippen molar-refractivity contribution in [3.05, 3.63) is 0 Å². The molecule has 4 N–H and O–H groups in total. The van der Waals surface area contributed by atoms with Gasteiger partial charge in [-0.3, -0.25) is 4.79 Å². The molecule has 0 aliphatic heterocycles. The lowest BCUT2D eigenvalue weighted by atomic mass is 10.0. The van der Waals surface area contributed by atoms with Crippen LogP contribution in [0.4, 0.5) is 0 Å². The average molecular weight is 259 g/mol. The van der Waals surface area contributed by atoms with Crippen molar-refractivity contribution in [3.8, 4) is 0 Å². The highest BCUT2D eigenvalue weighted by Crippen LogP contribution is 2.02. The molecule has 0 fully saturated rings. The van der Waals surface area contributed by atoms with Gasteiger partial charge in [0.15, 0.2) is 5.84 Å². The van der Waals surface area contributed by atoms with E-state index in [1.54, 1.807) is 0 Å². The van der Waals surface area contributed by atoms with E-state index in [9.17, 15) is 4.79 Å². The molecule has 0 aliphatic rings. The molecule has 1 unspecified atom stereocenters. The first-order chi connectivity index (χ1) is 8.67. The van der Waals surface area contributed by atoms with Gasteiger partial charge in [0.25, 0.3) is 0 Å². The summed E-state index contributed by atoms with van der Waals surface area (Å²) in [6.07, 6.45) is 3.46. The highest BCUT2D eigenvalue weighted by atomic mass is 16.5. The molecule has 106 valence electrons. The number of hydrogen-bond acceptors (Lipinski definition) is 4. The van der Waals surface area contributed by atoms with Gasteiger partial charge in [-0.1, -0.05) is 25.4 Å². The zero-order valence-corrected chi connectivity index (χ0v) is 11.3. The first kappa shape index (κ1) is 16.7. The van der Waals surface area contributed by atoms with E-state index in [0.717, 1.165) is 25.9 Å². The fourth-order valence-corrected chi connectivity index (χ4v) is 1.46. The number of nitrogens with one attached hydrogen (secondary N) is 1. The second-order valence-electron chi connectivity index (χ2n) is 4.10. The van der Waals surface area contributed by atoms with E-state index in [1.165, 1.54) is 0 Å². The number of carbonyl (C=O) groups is 1. The molecular weight excluding hydrogens is 234 g/mol. The average Bonchev–Trinajstić information content (AvgIpc) is 2.38. The van der Waals surface area contributed by atoms with E-state index < -0.39 is 5.92 Å². The van der Waals surface area contributed by atoms with Crippen molar-refractivity contribution in [3.63, 3.8) is 0 Å². The Hall–Kier alpha value is -1.30. The molecule has 0 aromatic rings. The molecule has 0 spiro atoms. The van der Waals surface area contributed by atoms with Gasteiger partial charge in [-0.2, -0.15) is 0 Å². The largest absolute Gasteiger partial charge is 0.409 e. The lowest BCUT2D eigenvalue weighted by Crippen LogP contribution is -2.39. The number of nitrogens with two attached hydrogens (primary N) is 1. The smallest absolute Gasteiger partial charge is 0.230 e. The third kappa shape index (κ3) is 7.11. The lowest BCUT2D eigenvalue weighted by Gasteiger charge is -2.13. The van der Waals surface area contributed by atoms with Gasteiger partial charge >= 0.3 is 0 Å². The van der Waals surface area contributed by atoms with Crippen LogP contribution in [0.5, 0.6) is 0 Å². The van der Waals surface area contributed by atoms with Crippen LogP contribution in [0.25, 0.3) is 0 Å². The van der Waals surface area contributed by atoms with E-state index in [1.807, 2.05) is 6.92 Å². The topological polar surface area (TPSA) is 96.9 Å². The number of nitrogens with zero attached hydrogens (tertiary/aromatic N) is 1. The van der Waals surface area contributed by atoms with Crippen LogP contribution in [0.1, 0.15) is 39.5 Å². The first-order valence-electron chi connectivity index (χ1n) is 6.50. The van der Waals surface area contributed by atoms with E-state index in [0.29, 0.717) is 19.6 Å². The Kier molecular flexibility index (Phi) is 10.0. The van der Waals surface area contributed by atoms with Gasteiger partial charge in [0.05, 0.1) is 5.92 Å². The zero-order valence-electron chi connectivity index (χ0n) is 11.3. The SMILES string of the molecule is CCCCOCCCNC(=O)C(CC)C(N)=NO. The second-order valence-corrected chi connectivity index (χ2v) is 4.10. The molecule has 18 heavy (non-hydrogen) atoms. The Morgan fingerprint density at radius 1 is 1.39 bits per heavy atom. The quantitative estimate of drug-likeness (QED) is 0.180. The number of ether oxygens (including phenoxy) is 1. The molecular formula is C12H25N3O3. The predicted octanol–water partition coefficient (Wildman–Crippen LogP) is 1.08. The van der Waals surface area contributed by atoms with Crippen molar-refractivity contribution in [2.75, 3.05) is 19.8 Å². The highest BCUT2D eigenvalue weighted by Gasteiger charge is 2.20. The second kappa shape index (κ2) is 10.8. The van der Waals surface area contributed by atoms with Crippen LogP contribution < -0.4 is 11.1 Å².